The molecule has 2 N–H and O–H groups in total. The molecular formula is C21H29IN4OS2. The summed E-state index contributed by atoms with van der Waals surface area (Å²) in [6.45, 7) is 1.79. The molecule has 5 nitrogen and oxygen atoms in total. The fraction of sp³-hybridized carbons (Fsp3) is 0.429. The molecule has 0 saturated heterocycles. The van der Waals surface area contributed by atoms with Gasteiger partial charge in [0, 0.05) is 41.7 Å². The highest BCUT2D eigenvalue weighted by molar-refractivity contribution is 14.0. The van der Waals surface area contributed by atoms with E-state index < -0.39 is 0 Å². The van der Waals surface area contributed by atoms with Gasteiger partial charge < -0.3 is 15.5 Å². The van der Waals surface area contributed by atoms with E-state index in [2.05, 4.69) is 57.4 Å². The first kappa shape index (κ1) is 24.0. The lowest BCUT2D eigenvalue weighted by atomic mass is 10.3. The van der Waals surface area contributed by atoms with Crippen molar-refractivity contribution in [2.75, 3.05) is 33.7 Å². The highest BCUT2D eigenvalue weighted by Gasteiger charge is 2.43. The Labute approximate surface area is 198 Å². The summed E-state index contributed by atoms with van der Waals surface area (Å²) >= 11 is 3.69. The standard InChI is InChI=1S/C21H28N4OS2.HI/c1-25(2)19(26)15-23-20(22-13-10-17-9-6-14-27-17)24-16-21(11-12-21)28-18-7-4-3-5-8-18;/h3-9,14H,10-13,15-16H2,1-2H3,(H2,22,23,24);1H. The highest BCUT2D eigenvalue weighted by atomic mass is 127. The summed E-state index contributed by atoms with van der Waals surface area (Å²) in [6.07, 6.45) is 3.33. The van der Waals surface area contributed by atoms with E-state index in [0.29, 0.717) is 5.96 Å². The molecule has 1 aliphatic rings. The molecule has 1 aromatic heterocycles. The van der Waals surface area contributed by atoms with Gasteiger partial charge in [0.1, 0.15) is 6.54 Å². The number of carbonyl (C=O) groups excluding carboxylic acids is 1. The van der Waals surface area contributed by atoms with E-state index in [9.17, 15) is 4.79 Å². The Bertz CT molecular complexity index is 777. The van der Waals surface area contributed by atoms with Crippen LogP contribution in [0.4, 0.5) is 0 Å². The van der Waals surface area contributed by atoms with Crippen LogP contribution in [0.3, 0.4) is 0 Å². The van der Waals surface area contributed by atoms with Crippen molar-refractivity contribution >= 4 is 58.9 Å². The molecule has 0 unspecified atom stereocenters. The summed E-state index contributed by atoms with van der Waals surface area (Å²) < 4.78 is 0.225. The summed E-state index contributed by atoms with van der Waals surface area (Å²) in [5.41, 5.74) is 0. The van der Waals surface area contributed by atoms with E-state index in [1.807, 2.05) is 17.8 Å². The van der Waals surface area contributed by atoms with Crippen LogP contribution in [0.15, 0.2) is 57.7 Å². The number of thioether (sulfide) groups is 1. The van der Waals surface area contributed by atoms with Gasteiger partial charge in [-0.1, -0.05) is 24.3 Å². The Morgan fingerprint density at radius 2 is 1.93 bits per heavy atom. The normalized spacial score (nSPS) is 14.6. The average Bonchev–Trinajstić information content (AvgIpc) is 3.25. The van der Waals surface area contributed by atoms with Crippen molar-refractivity contribution in [3.8, 4) is 0 Å². The SMILES string of the molecule is CN(C)C(=O)CN=C(NCCc1cccs1)NCC1(Sc2ccccc2)CC1.I. The summed E-state index contributed by atoms with van der Waals surface area (Å²) in [6, 6.07) is 14.7. The number of carbonyl (C=O) groups is 1. The molecule has 1 aromatic carbocycles. The smallest absolute Gasteiger partial charge is 0.243 e. The number of guanidine groups is 1. The fourth-order valence-corrected chi connectivity index (χ4v) is 4.61. The Morgan fingerprint density at radius 1 is 1.17 bits per heavy atom. The van der Waals surface area contributed by atoms with Gasteiger partial charge in [-0.2, -0.15) is 0 Å². The summed E-state index contributed by atoms with van der Waals surface area (Å²) in [5, 5.41) is 8.94. The van der Waals surface area contributed by atoms with Crippen molar-refractivity contribution in [2.24, 2.45) is 4.99 Å². The van der Waals surface area contributed by atoms with Crippen LogP contribution in [-0.2, 0) is 11.2 Å². The highest BCUT2D eigenvalue weighted by Crippen LogP contribution is 2.51. The summed E-state index contributed by atoms with van der Waals surface area (Å²) in [4.78, 5) is 20.6. The second-order valence-electron chi connectivity index (χ2n) is 7.16. The number of benzene rings is 1. The zero-order valence-electron chi connectivity index (χ0n) is 16.9. The molecular weight excluding hydrogens is 515 g/mol. The third-order valence-corrected chi connectivity index (χ3v) is 7.01. The Balaban J connectivity index is 0.00000300. The molecule has 1 saturated carbocycles. The number of hydrogen-bond acceptors (Lipinski definition) is 4. The first-order valence-electron chi connectivity index (χ1n) is 9.55. The van der Waals surface area contributed by atoms with Crippen LogP contribution in [0.5, 0.6) is 0 Å². The lowest BCUT2D eigenvalue weighted by Gasteiger charge is -2.19. The predicted octanol–water partition coefficient (Wildman–Crippen LogP) is 3.86. The summed E-state index contributed by atoms with van der Waals surface area (Å²) in [5.74, 6) is 0.714. The second-order valence-corrected chi connectivity index (χ2v) is 9.73. The molecule has 0 atom stereocenters. The molecule has 8 heteroatoms. The van der Waals surface area contributed by atoms with Gasteiger partial charge >= 0.3 is 0 Å². The van der Waals surface area contributed by atoms with Gasteiger partial charge in [0.15, 0.2) is 5.96 Å². The maximum atomic E-state index is 11.9. The maximum Gasteiger partial charge on any atom is 0.243 e. The summed E-state index contributed by atoms with van der Waals surface area (Å²) in [7, 11) is 3.51. The van der Waals surface area contributed by atoms with Crippen LogP contribution >= 0.6 is 47.1 Å². The quantitative estimate of drug-likeness (QED) is 0.286. The van der Waals surface area contributed by atoms with Crippen LogP contribution in [-0.4, -0.2) is 55.2 Å². The second kappa shape index (κ2) is 11.8. The minimum atomic E-state index is -0.000785. The van der Waals surface area contributed by atoms with Crippen LogP contribution in [0.25, 0.3) is 0 Å². The first-order chi connectivity index (χ1) is 13.6. The van der Waals surface area contributed by atoms with Gasteiger partial charge in [-0.05, 0) is 42.8 Å². The maximum absolute atomic E-state index is 11.9. The number of rotatable bonds is 9. The zero-order chi connectivity index (χ0) is 19.8. The minimum Gasteiger partial charge on any atom is -0.356 e. The Morgan fingerprint density at radius 3 is 2.55 bits per heavy atom. The van der Waals surface area contributed by atoms with Crippen molar-refractivity contribution in [2.45, 2.75) is 28.9 Å². The molecule has 2 aromatic rings. The largest absolute Gasteiger partial charge is 0.356 e. The number of thiophene rings is 1. The Hall–Kier alpha value is -1.26. The lowest BCUT2D eigenvalue weighted by molar-refractivity contribution is -0.127. The van der Waals surface area contributed by atoms with Gasteiger partial charge in [0.25, 0.3) is 0 Å². The number of hydrogen-bond donors (Lipinski definition) is 2. The van der Waals surface area contributed by atoms with E-state index in [0.717, 1.165) is 19.5 Å². The molecule has 1 fully saturated rings. The van der Waals surface area contributed by atoms with Crippen LogP contribution in [0.2, 0.25) is 0 Å². The third-order valence-electron chi connectivity index (χ3n) is 4.58. The molecule has 1 amide bonds. The molecule has 0 radical (unpaired) electrons. The topological polar surface area (TPSA) is 56.7 Å². The predicted molar refractivity (Wildman–Crippen MR) is 135 cm³/mol. The fourth-order valence-electron chi connectivity index (χ4n) is 2.66. The molecule has 29 heavy (non-hydrogen) atoms. The number of nitrogens with zero attached hydrogens (tertiary/aromatic N) is 2. The van der Waals surface area contributed by atoms with Gasteiger partial charge in [-0.15, -0.1) is 47.1 Å². The number of aliphatic imine (C=N–C) groups is 1. The van der Waals surface area contributed by atoms with E-state index in [-0.39, 0.29) is 41.2 Å². The van der Waals surface area contributed by atoms with Gasteiger partial charge in [-0.3, -0.25) is 4.79 Å². The van der Waals surface area contributed by atoms with Crippen LogP contribution < -0.4 is 10.6 Å². The lowest BCUT2D eigenvalue weighted by Crippen LogP contribution is -2.42. The van der Waals surface area contributed by atoms with Crippen LogP contribution in [0, 0.1) is 0 Å². The number of nitrogens with one attached hydrogen (secondary N) is 2. The van der Waals surface area contributed by atoms with Crippen molar-refractivity contribution in [3.05, 3.63) is 52.7 Å². The number of amides is 1. The molecule has 3 rings (SSSR count). The monoisotopic (exact) mass is 544 g/mol. The van der Waals surface area contributed by atoms with E-state index >= 15 is 0 Å². The van der Waals surface area contributed by atoms with Crippen LogP contribution in [0.1, 0.15) is 17.7 Å². The number of likely N-dealkylation sites (N-methyl/N-ethyl adjacent to an activating group) is 1. The molecule has 1 heterocycles. The Kier molecular flexibility index (Phi) is 9.78. The minimum absolute atomic E-state index is 0. The molecule has 158 valence electrons. The van der Waals surface area contributed by atoms with E-state index in [4.69, 9.17) is 0 Å². The number of halogens is 1. The van der Waals surface area contributed by atoms with E-state index in [1.54, 1.807) is 30.3 Å². The molecule has 0 bridgehead atoms. The zero-order valence-corrected chi connectivity index (χ0v) is 20.9. The van der Waals surface area contributed by atoms with Gasteiger partial charge in [0.05, 0.1) is 0 Å². The third kappa shape index (κ3) is 8.18. The average molecular weight is 545 g/mol. The van der Waals surface area contributed by atoms with Gasteiger partial charge in [0.2, 0.25) is 5.91 Å². The first-order valence-corrected chi connectivity index (χ1v) is 11.2. The van der Waals surface area contributed by atoms with Gasteiger partial charge in [-0.25, -0.2) is 4.99 Å². The van der Waals surface area contributed by atoms with Crippen molar-refractivity contribution < 1.29 is 4.79 Å². The van der Waals surface area contributed by atoms with Crippen molar-refractivity contribution in [1.29, 1.82) is 0 Å². The molecule has 0 spiro atoms. The molecule has 1 aliphatic carbocycles. The molecule has 0 aliphatic heterocycles. The van der Waals surface area contributed by atoms with Crippen molar-refractivity contribution in [1.82, 2.24) is 15.5 Å². The van der Waals surface area contributed by atoms with Crippen molar-refractivity contribution in [3.63, 3.8) is 0 Å². The van der Waals surface area contributed by atoms with E-state index in [1.165, 1.54) is 22.6 Å².